The molecule has 0 aliphatic heterocycles. The molecule has 5 rings (SSSR count). The summed E-state index contributed by atoms with van der Waals surface area (Å²) in [5.74, 6) is 1.94. The molecule has 0 saturated heterocycles. The zero-order chi connectivity index (χ0) is 26.5. The number of rotatable bonds is 3. The number of hydrogen-bond acceptors (Lipinski definition) is 4. The number of aliphatic hydroxyl groups is 1. The predicted octanol–water partition coefficient (Wildman–Crippen LogP) is 6.89. The predicted molar refractivity (Wildman–Crippen MR) is 142 cm³/mol. The first-order valence-electron chi connectivity index (χ1n) is 14.7. The highest BCUT2D eigenvalue weighted by Gasteiger charge is 2.70. The van der Waals surface area contributed by atoms with Gasteiger partial charge in [0.15, 0.2) is 5.78 Å². The summed E-state index contributed by atoms with van der Waals surface area (Å²) >= 11 is 0. The Bertz CT molecular complexity index is 992. The van der Waals surface area contributed by atoms with Crippen molar-refractivity contribution in [3.05, 3.63) is 11.1 Å². The highest BCUT2D eigenvalue weighted by atomic mass is 16.5. The van der Waals surface area contributed by atoms with Crippen molar-refractivity contribution in [2.75, 3.05) is 6.61 Å². The highest BCUT2D eigenvalue weighted by molar-refractivity contribution is 6.00. The zero-order valence-corrected chi connectivity index (χ0v) is 24.1. The van der Waals surface area contributed by atoms with E-state index in [0.29, 0.717) is 30.0 Å². The maximum Gasteiger partial charge on any atom is 0.302 e. The molecule has 5 aliphatic rings. The molecule has 8 atom stereocenters. The van der Waals surface area contributed by atoms with Crippen molar-refractivity contribution in [3.63, 3.8) is 0 Å². The molecule has 0 heterocycles. The lowest BCUT2D eigenvalue weighted by molar-refractivity contribution is -0.233. The van der Waals surface area contributed by atoms with Crippen molar-refractivity contribution < 1.29 is 19.4 Å². The van der Waals surface area contributed by atoms with Crippen LogP contribution in [-0.2, 0) is 14.3 Å². The van der Waals surface area contributed by atoms with Gasteiger partial charge in [0.25, 0.3) is 0 Å². The van der Waals surface area contributed by atoms with Crippen molar-refractivity contribution in [2.24, 2.45) is 50.7 Å². The summed E-state index contributed by atoms with van der Waals surface area (Å²) < 4.78 is 5.88. The second kappa shape index (κ2) is 8.17. The van der Waals surface area contributed by atoms with Gasteiger partial charge < -0.3 is 9.84 Å². The Balaban J connectivity index is 1.55. The van der Waals surface area contributed by atoms with Crippen LogP contribution in [-0.4, -0.2) is 29.6 Å². The topological polar surface area (TPSA) is 63.6 Å². The molecule has 0 bridgehead atoms. The van der Waals surface area contributed by atoms with E-state index < -0.39 is 0 Å². The molecule has 4 heteroatoms. The van der Waals surface area contributed by atoms with Gasteiger partial charge in [-0.05, 0) is 96.9 Å². The van der Waals surface area contributed by atoms with E-state index in [9.17, 15) is 14.7 Å². The molecule has 4 fully saturated rings. The number of hydrogen-bond donors (Lipinski definition) is 1. The molecule has 36 heavy (non-hydrogen) atoms. The molecule has 1 N–H and O–H groups in total. The summed E-state index contributed by atoms with van der Waals surface area (Å²) in [6.45, 7) is 18.4. The van der Waals surface area contributed by atoms with E-state index in [0.717, 1.165) is 37.7 Å². The lowest BCUT2D eigenvalue weighted by Gasteiger charge is -2.72. The van der Waals surface area contributed by atoms with Crippen LogP contribution in [0.1, 0.15) is 113 Å². The third-order valence-electron chi connectivity index (χ3n) is 13.1. The lowest BCUT2D eigenvalue weighted by atomic mass is 9.33. The standard InChI is InChI=1S/C32H50O4/c1-19(2)26-22(35)17-32(18-33)16-15-30(7)21(27(26)32)9-10-24-29(6)13-12-25(36-20(3)34)28(4,5)23(29)11-14-31(24,30)8/h19,21,23-25,33H,9-18H2,1-8H3/t21-,23+,24-,25+,29+,30?,31?,32?/m1/s1. The average molecular weight is 499 g/mol. The third-order valence-corrected chi connectivity index (χ3v) is 13.1. The fourth-order valence-corrected chi connectivity index (χ4v) is 11.3. The van der Waals surface area contributed by atoms with Gasteiger partial charge in [-0.15, -0.1) is 0 Å². The quantitative estimate of drug-likeness (QED) is 0.430. The Labute approximate surface area is 219 Å². The normalized spacial score (nSPS) is 47.7. The Morgan fingerprint density at radius 1 is 0.944 bits per heavy atom. The Kier molecular flexibility index (Phi) is 6.00. The summed E-state index contributed by atoms with van der Waals surface area (Å²) in [5, 5.41) is 10.7. The molecule has 4 nitrogen and oxygen atoms in total. The van der Waals surface area contributed by atoms with Gasteiger partial charge in [-0.25, -0.2) is 0 Å². The van der Waals surface area contributed by atoms with Crippen LogP contribution >= 0.6 is 0 Å². The van der Waals surface area contributed by atoms with Crippen molar-refractivity contribution in [2.45, 2.75) is 119 Å². The largest absolute Gasteiger partial charge is 0.462 e. The number of carbonyl (C=O) groups excluding carboxylic acids is 2. The molecule has 3 unspecified atom stereocenters. The van der Waals surface area contributed by atoms with Gasteiger partial charge in [-0.1, -0.05) is 54.0 Å². The molecule has 4 saturated carbocycles. The Hall–Kier alpha value is -1.16. The minimum atomic E-state index is -0.310. The SMILES string of the molecule is CC(=O)O[C@H]1CC[C@@]2(C)[C@@H](CCC3(C)[C@@H]2CC[C@@H]2C4=C(C(C)C)C(=O)CC4(CO)CCC23C)C1(C)C. The van der Waals surface area contributed by atoms with Gasteiger partial charge >= 0.3 is 5.97 Å². The van der Waals surface area contributed by atoms with Crippen LogP contribution in [0.2, 0.25) is 0 Å². The second-order valence-corrected chi connectivity index (χ2v) is 15.1. The van der Waals surface area contributed by atoms with Crippen LogP contribution in [0.4, 0.5) is 0 Å². The molecular weight excluding hydrogens is 448 g/mol. The van der Waals surface area contributed by atoms with Crippen molar-refractivity contribution >= 4 is 11.8 Å². The van der Waals surface area contributed by atoms with Crippen LogP contribution in [0.3, 0.4) is 0 Å². The summed E-state index contributed by atoms with van der Waals surface area (Å²) in [5.41, 5.74) is 2.66. The molecule has 0 amide bonds. The Morgan fingerprint density at radius 2 is 1.64 bits per heavy atom. The maximum absolute atomic E-state index is 13.3. The van der Waals surface area contributed by atoms with E-state index in [4.69, 9.17) is 4.74 Å². The number of Topliss-reactive ketones (excluding diaryl/α,β-unsaturated/α-hetero) is 1. The number of esters is 1. The number of ether oxygens (including phenoxy) is 1. The van der Waals surface area contributed by atoms with E-state index in [1.165, 1.54) is 24.8 Å². The zero-order valence-electron chi connectivity index (χ0n) is 24.1. The minimum absolute atomic E-state index is 0.00691. The molecule has 0 aromatic rings. The van der Waals surface area contributed by atoms with Crippen LogP contribution in [0.25, 0.3) is 0 Å². The highest BCUT2D eigenvalue weighted by Crippen LogP contribution is 2.76. The molecule has 0 aromatic carbocycles. The van der Waals surface area contributed by atoms with Gasteiger partial charge in [-0.2, -0.15) is 0 Å². The first kappa shape index (κ1) is 26.4. The minimum Gasteiger partial charge on any atom is -0.462 e. The van der Waals surface area contributed by atoms with Crippen molar-refractivity contribution in [1.29, 1.82) is 0 Å². The Morgan fingerprint density at radius 3 is 2.25 bits per heavy atom. The second-order valence-electron chi connectivity index (χ2n) is 15.1. The van der Waals surface area contributed by atoms with E-state index in [1.807, 2.05) is 0 Å². The van der Waals surface area contributed by atoms with E-state index in [1.54, 1.807) is 6.92 Å². The maximum atomic E-state index is 13.3. The number of carbonyl (C=O) groups is 2. The van der Waals surface area contributed by atoms with Crippen molar-refractivity contribution in [3.8, 4) is 0 Å². The van der Waals surface area contributed by atoms with Crippen LogP contribution in [0.15, 0.2) is 11.1 Å². The molecule has 0 radical (unpaired) electrons. The molecular formula is C32H50O4. The third kappa shape index (κ3) is 3.21. The number of fused-ring (bicyclic) bond motifs is 7. The van der Waals surface area contributed by atoms with Gasteiger partial charge in [0.05, 0.1) is 6.61 Å². The van der Waals surface area contributed by atoms with Gasteiger partial charge in [-0.3, -0.25) is 9.59 Å². The lowest BCUT2D eigenvalue weighted by Crippen LogP contribution is -2.65. The molecule has 5 aliphatic carbocycles. The molecule has 0 aromatic heterocycles. The van der Waals surface area contributed by atoms with Crippen molar-refractivity contribution in [1.82, 2.24) is 0 Å². The van der Waals surface area contributed by atoms with Gasteiger partial charge in [0.2, 0.25) is 0 Å². The number of ketones is 1. The first-order valence-corrected chi connectivity index (χ1v) is 14.7. The summed E-state index contributed by atoms with van der Waals surface area (Å²) in [6, 6.07) is 0. The van der Waals surface area contributed by atoms with Gasteiger partial charge in [0, 0.05) is 24.2 Å². The monoisotopic (exact) mass is 498 g/mol. The van der Waals surface area contributed by atoms with E-state index >= 15 is 0 Å². The summed E-state index contributed by atoms with van der Waals surface area (Å²) in [4.78, 5) is 25.2. The fourth-order valence-electron chi connectivity index (χ4n) is 11.3. The average Bonchev–Trinajstić information content (AvgIpc) is 3.09. The smallest absolute Gasteiger partial charge is 0.302 e. The van der Waals surface area contributed by atoms with Crippen LogP contribution in [0, 0.1) is 50.7 Å². The van der Waals surface area contributed by atoms with Crippen LogP contribution < -0.4 is 0 Å². The summed E-state index contributed by atoms with van der Waals surface area (Å²) in [6.07, 6.45) is 9.36. The fraction of sp³-hybridized carbons (Fsp3) is 0.875. The number of aliphatic hydroxyl groups excluding tert-OH is 1. The van der Waals surface area contributed by atoms with Crippen LogP contribution in [0.5, 0.6) is 0 Å². The van der Waals surface area contributed by atoms with E-state index in [2.05, 4.69) is 48.5 Å². The molecule has 202 valence electrons. The summed E-state index contributed by atoms with van der Waals surface area (Å²) in [7, 11) is 0. The van der Waals surface area contributed by atoms with E-state index in [-0.39, 0.29) is 51.7 Å². The first-order chi connectivity index (χ1) is 16.7. The van der Waals surface area contributed by atoms with Gasteiger partial charge in [0.1, 0.15) is 6.10 Å². The molecule has 0 spiro atoms. The number of allylic oxidation sites excluding steroid dienone is 1.